The van der Waals surface area contributed by atoms with Crippen molar-refractivity contribution in [2.45, 2.75) is 52.5 Å². The monoisotopic (exact) mass is 244 g/mol. The fraction of sp³-hybridized carbons (Fsp3) is 0.643. The molecular weight excluding hydrogens is 224 g/mol. The van der Waals surface area contributed by atoms with Gasteiger partial charge >= 0.3 is 0 Å². The highest BCUT2D eigenvalue weighted by Gasteiger charge is 2.31. The van der Waals surface area contributed by atoms with Crippen LogP contribution in [0.25, 0.3) is 0 Å². The molecule has 1 fully saturated rings. The van der Waals surface area contributed by atoms with Gasteiger partial charge in [0.2, 0.25) is 0 Å². The second kappa shape index (κ2) is 5.34. The molecule has 96 valence electrons. The number of aryl methyl sites for hydroxylation is 1. The van der Waals surface area contributed by atoms with Crippen LogP contribution in [0.1, 0.15) is 50.4 Å². The van der Waals surface area contributed by atoms with Crippen molar-refractivity contribution in [1.29, 1.82) is 5.26 Å². The number of hydrogen-bond donors (Lipinski definition) is 0. The second-order valence-electron chi connectivity index (χ2n) is 4.66. The van der Waals surface area contributed by atoms with Crippen LogP contribution in [0.5, 0.6) is 0 Å². The SMILES string of the molecule is CCc1nnc(N(CC)C2CC2)c(C#N)c1CC. The largest absolute Gasteiger partial charge is 0.351 e. The average molecular weight is 244 g/mol. The van der Waals surface area contributed by atoms with E-state index in [1.807, 2.05) is 0 Å². The summed E-state index contributed by atoms with van der Waals surface area (Å²) in [5, 5.41) is 18.1. The van der Waals surface area contributed by atoms with Crippen LogP contribution in [0.15, 0.2) is 0 Å². The molecule has 4 heteroatoms. The predicted molar refractivity (Wildman–Crippen MR) is 71.5 cm³/mol. The summed E-state index contributed by atoms with van der Waals surface area (Å²) in [5.74, 6) is 0.788. The molecule has 1 aliphatic rings. The molecule has 0 aliphatic heterocycles. The molecule has 1 aliphatic carbocycles. The summed E-state index contributed by atoms with van der Waals surface area (Å²) in [6.45, 7) is 7.14. The molecule has 0 radical (unpaired) electrons. The Hall–Kier alpha value is -1.63. The maximum atomic E-state index is 9.45. The quantitative estimate of drug-likeness (QED) is 0.798. The van der Waals surface area contributed by atoms with E-state index in [0.717, 1.165) is 42.0 Å². The van der Waals surface area contributed by atoms with Crippen molar-refractivity contribution >= 4 is 5.82 Å². The van der Waals surface area contributed by atoms with E-state index in [0.29, 0.717) is 6.04 Å². The Morgan fingerprint density at radius 3 is 2.39 bits per heavy atom. The van der Waals surface area contributed by atoms with E-state index in [9.17, 15) is 5.26 Å². The Bertz CT molecular complexity index is 471. The Morgan fingerprint density at radius 1 is 1.22 bits per heavy atom. The maximum absolute atomic E-state index is 9.45. The molecule has 1 aromatic rings. The zero-order valence-electron chi connectivity index (χ0n) is 11.4. The molecule has 0 unspecified atom stereocenters. The Morgan fingerprint density at radius 2 is 1.94 bits per heavy atom. The third-order valence-corrected chi connectivity index (χ3v) is 3.54. The van der Waals surface area contributed by atoms with Gasteiger partial charge in [0.25, 0.3) is 0 Å². The van der Waals surface area contributed by atoms with Crippen molar-refractivity contribution in [3.63, 3.8) is 0 Å². The molecule has 0 aromatic carbocycles. The Labute approximate surface area is 109 Å². The topological polar surface area (TPSA) is 52.8 Å². The third-order valence-electron chi connectivity index (χ3n) is 3.54. The minimum absolute atomic E-state index is 0.564. The molecule has 0 saturated heterocycles. The molecule has 1 heterocycles. The van der Waals surface area contributed by atoms with Crippen LogP contribution < -0.4 is 4.90 Å². The number of hydrogen-bond acceptors (Lipinski definition) is 4. The summed E-state index contributed by atoms with van der Waals surface area (Å²) in [7, 11) is 0. The van der Waals surface area contributed by atoms with Gasteiger partial charge in [0.05, 0.1) is 5.69 Å². The van der Waals surface area contributed by atoms with Crippen molar-refractivity contribution in [1.82, 2.24) is 10.2 Å². The van der Waals surface area contributed by atoms with Crippen molar-refractivity contribution in [2.75, 3.05) is 11.4 Å². The molecule has 1 aromatic heterocycles. The van der Waals surface area contributed by atoms with Crippen molar-refractivity contribution < 1.29 is 0 Å². The van der Waals surface area contributed by atoms with Gasteiger partial charge in [-0.05, 0) is 38.2 Å². The lowest BCUT2D eigenvalue weighted by molar-refractivity contribution is 0.770. The second-order valence-corrected chi connectivity index (χ2v) is 4.66. The lowest BCUT2D eigenvalue weighted by Gasteiger charge is -2.23. The average Bonchev–Trinajstić information content (AvgIpc) is 3.23. The van der Waals surface area contributed by atoms with Crippen LogP contribution in [-0.4, -0.2) is 22.8 Å². The highest BCUT2D eigenvalue weighted by atomic mass is 15.3. The molecule has 0 spiro atoms. The van der Waals surface area contributed by atoms with Crippen LogP contribution in [0.4, 0.5) is 5.82 Å². The first-order valence-electron chi connectivity index (χ1n) is 6.81. The van der Waals surface area contributed by atoms with E-state index < -0.39 is 0 Å². The molecule has 2 rings (SSSR count). The van der Waals surface area contributed by atoms with Gasteiger partial charge in [-0.3, -0.25) is 0 Å². The summed E-state index contributed by atoms with van der Waals surface area (Å²) in [6, 6.07) is 2.91. The minimum atomic E-state index is 0.564. The summed E-state index contributed by atoms with van der Waals surface area (Å²) in [5.41, 5.74) is 2.77. The first-order chi connectivity index (χ1) is 8.76. The zero-order chi connectivity index (χ0) is 13.1. The Balaban J connectivity index is 2.50. The number of anilines is 1. The standard InChI is InChI=1S/C14H20N4/c1-4-11-12(9-15)14(17-16-13(11)5-2)18(6-3)10-7-8-10/h10H,4-8H2,1-3H3. The molecule has 0 bridgehead atoms. The highest BCUT2D eigenvalue weighted by molar-refractivity contribution is 5.59. The molecular formula is C14H20N4. The van der Waals surface area contributed by atoms with Crippen molar-refractivity contribution in [3.05, 3.63) is 16.8 Å². The van der Waals surface area contributed by atoms with E-state index in [4.69, 9.17) is 0 Å². The molecule has 18 heavy (non-hydrogen) atoms. The van der Waals surface area contributed by atoms with E-state index in [2.05, 4.69) is 41.9 Å². The van der Waals surface area contributed by atoms with Crippen LogP contribution >= 0.6 is 0 Å². The molecule has 4 nitrogen and oxygen atoms in total. The number of rotatable bonds is 5. The fourth-order valence-electron chi connectivity index (χ4n) is 2.45. The van der Waals surface area contributed by atoms with Crippen molar-refractivity contribution in [2.24, 2.45) is 0 Å². The van der Waals surface area contributed by atoms with Gasteiger partial charge < -0.3 is 4.90 Å². The van der Waals surface area contributed by atoms with E-state index in [-0.39, 0.29) is 0 Å². The third kappa shape index (κ3) is 2.17. The van der Waals surface area contributed by atoms with Gasteiger partial charge in [-0.25, -0.2) is 0 Å². The Kier molecular flexibility index (Phi) is 3.81. The minimum Gasteiger partial charge on any atom is -0.351 e. The smallest absolute Gasteiger partial charge is 0.169 e. The lowest BCUT2D eigenvalue weighted by Crippen LogP contribution is -2.28. The summed E-state index contributed by atoms with van der Waals surface area (Å²) in [6.07, 6.45) is 4.09. The van der Waals surface area contributed by atoms with E-state index in [1.165, 1.54) is 12.8 Å². The maximum Gasteiger partial charge on any atom is 0.169 e. The normalized spacial score (nSPS) is 14.3. The van der Waals surface area contributed by atoms with Gasteiger partial charge in [0.15, 0.2) is 5.82 Å². The summed E-state index contributed by atoms with van der Waals surface area (Å²) >= 11 is 0. The van der Waals surface area contributed by atoms with Crippen LogP contribution in [0, 0.1) is 11.3 Å². The molecule has 0 N–H and O–H groups in total. The van der Waals surface area contributed by atoms with Gasteiger partial charge in [0.1, 0.15) is 11.6 Å². The van der Waals surface area contributed by atoms with E-state index in [1.54, 1.807) is 0 Å². The lowest BCUT2D eigenvalue weighted by atomic mass is 10.0. The molecule has 0 amide bonds. The zero-order valence-corrected chi connectivity index (χ0v) is 11.4. The highest BCUT2D eigenvalue weighted by Crippen LogP contribution is 2.33. The number of nitriles is 1. The van der Waals surface area contributed by atoms with Gasteiger partial charge in [-0.1, -0.05) is 13.8 Å². The fourth-order valence-corrected chi connectivity index (χ4v) is 2.45. The number of aromatic nitrogens is 2. The van der Waals surface area contributed by atoms with Crippen molar-refractivity contribution in [3.8, 4) is 6.07 Å². The van der Waals surface area contributed by atoms with Crippen LogP contribution in [0.2, 0.25) is 0 Å². The number of nitrogens with zero attached hydrogens (tertiary/aromatic N) is 4. The molecule has 1 saturated carbocycles. The van der Waals surface area contributed by atoms with Gasteiger partial charge in [-0.15, -0.1) is 5.10 Å². The first-order valence-corrected chi connectivity index (χ1v) is 6.81. The van der Waals surface area contributed by atoms with Crippen LogP contribution in [0.3, 0.4) is 0 Å². The van der Waals surface area contributed by atoms with Gasteiger partial charge in [-0.2, -0.15) is 10.4 Å². The summed E-state index contributed by atoms with van der Waals surface area (Å²) in [4.78, 5) is 2.23. The predicted octanol–water partition coefficient (Wildman–Crippen LogP) is 2.46. The summed E-state index contributed by atoms with van der Waals surface area (Å²) < 4.78 is 0. The van der Waals surface area contributed by atoms with E-state index >= 15 is 0 Å². The van der Waals surface area contributed by atoms with Crippen LogP contribution in [-0.2, 0) is 12.8 Å². The van der Waals surface area contributed by atoms with Gasteiger partial charge in [0, 0.05) is 12.6 Å². The molecule has 0 atom stereocenters. The first kappa shape index (κ1) is 12.8.